The molecule has 1 amide bonds. The molecule has 0 unspecified atom stereocenters. The van der Waals surface area contributed by atoms with Gasteiger partial charge in [0.05, 0.1) is 10.6 Å². The van der Waals surface area contributed by atoms with Crippen LogP contribution in [0.25, 0.3) is 22.0 Å². The molecule has 1 aliphatic heterocycles. The molecule has 0 saturated carbocycles. The van der Waals surface area contributed by atoms with Gasteiger partial charge >= 0.3 is 6.01 Å². The van der Waals surface area contributed by atoms with Crippen LogP contribution in [0.4, 0.5) is 14.6 Å². The number of amides is 1. The maximum absolute atomic E-state index is 16.1. The van der Waals surface area contributed by atoms with Crippen LogP contribution in [-0.2, 0) is 4.79 Å². The monoisotopic (exact) mass is 605 g/mol. The van der Waals surface area contributed by atoms with Crippen LogP contribution in [0.3, 0.4) is 0 Å². The van der Waals surface area contributed by atoms with E-state index in [-0.39, 0.29) is 40.2 Å². The van der Waals surface area contributed by atoms with Crippen LogP contribution in [0.1, 0.15) is 41.5 Å². The molecule has 42 heavy (non-hydrogen) atoms. The number of ether oxygens (including phenoxy) is 1. The molecule has 8 nitrogen and oxygen atoms in total. The van der Waals surface area contributed by atoms with Gasteiger partial charge in [-0.15, -0.1) is 0 Å². The number of likely N-dealkylation sites (N-methyl/N-ethyl adjacent to an activating group) is 1. The molecule has 0 radical (unpaired) electrons. The summed E-state index contributed by atoms with van der Waals surface area (Å²) in [6.45, 7) is 19.9. The summed E-state index contributed by atoms with van der Waals surface area (Å²) >= 11 is 6.48. The zero-order valence-electron chi connectivity index (χ0n) is 25.4. The Morgan fingerprint density at radius 3 is 2.31 bits per heavy atom. The Hall–Kier alpha value is -3.50. The first-order valence-corrected chi connectivity index (χ1v) is 14.9. The first kappa shape index (κ1) is 34.7. The first-order valence-electron chi connectivity index (χ1n) is 14.5. The van der Waals surface area contributed by atoms with Gasteiger partial charge in [0, 0.05) is 43.7 Å². The number of anilines is 1. The molecule has 2 heterocycles. The van der Waals surface area contributed by atoms with Crippen LogP contribution < -0.4 is 9.64 Å². The fourth-order valence-corrected chi connectivity index (χ4v) is 4.82. The van der Waals surface area contributed by atoms with E-state index >= 15 is 4.39 Å². The number of phenolic OH excluding ortho intramolecular Hbond substituents is 1. The minimum atomic E-state index is -0.898. The maximum atomic E-state index is 16.1. The Bertz CT molecular complexity index is 1330. The average Bonchev–Trinajstić information content (AvgIpc) is 3.02. The van der Waals surface area contributed by atoms with Gasteiger partial charge in [0.25, 0.3) is 0 Å². The van der Waals surface area contributed by atoms with Gasteiger partial charge in [-0.2, -0.15) is 9.97 Å². The highest BCUT2D eigenvalue weighted by molar-refractivity contribution is 6.34. The normalized spacial score (nSPS) is 12.8. The van der Waals surface area contributed by atoms with E-state index < -0.39 is 17.4 Å². The van der Waals surface area contributed by atoms with Gasteiger partial charge in [0.2, 0.25) is 5.91 Å². The van der Waals surface area contributed by atoms with Gasteiger partial charge in [0.15, 0.2) is 5.82 Å². The van der Waals surface area contributed by atoms with Crippen molar-refractivity contribution in [1.29, 1.82) is 0 Å². The second-order valence-corrected chi connectivity index (χ2v) is 9.21. The molecule has 1 saturated heterocycles. The number of hydrogen-bond donors (Lipinski definition) is 1. The Balaban J connectivity index is 0.00000148. The molecule has 1 aliphatic rings. The summed E-state index contributed by atoms with van der Waals surface area (Å²) in [7, 11) is 0. The number of aromatic hydroxyl groups is 1. The van der Waals surface area contributed by atoms with Crippen molar-refractivity contribution in [2.24, 2.45) is 0 Å². The maximum Gasteiger partial charge on any atom is 0.319 e. The van der Waals surface area contributed by atoms with Crippen LogP contribution >= 0.6 is 11.6 Å². The lowest BCUT2D eigenvalue weighted by molar-refractivity contribution is -0.126. The largest absolute Gasteiger partial charge is 0.507 e. The third kappa shape index (κ3) is 7.86. The van der Waals surface area contributed by atoms with E-state index in [9.17, 15) is 14.3 Å². The lowest BCUT2D eigenvalue weighted by Gasteiger charge is -2.35. The zero-order valence-corrected chi connectivity index (χ0v) is 26.1. The number of benzene rings is 2. The summed E-state index contributed by atoms with van der Waals surface area (Å²) in [5.74, 6) is -1.94. The zero-order chi connectivity index (χ0) is 31.4. The van der Waals surface area contributed by atoms with Crippen molar-refractivity contribution in [1.82, 2.24) is 19.8 Å². The molecule has 1 aromatic heterocycles. The minimum Gasteiger partial charge on any atom is -0.507 e. The molecule has 4 rings (SSSR count). The number of aromatic nitrogens is 2. The van der Waals surface area contributed by atoms with Crippen LogP contribution in [-0.4, -0.2) is 83.2 Å². The van der Waals surface area contributed by atoms with Crippen molar-refractivity contribution in [3.05, 3.63) is 53.6 Å². The van der Waals surface area contributed by atoms with E-state index in [2.05, 4.69) is 21.4 Å². The highest BCUT2D eigenvalue weighted by Crippen LogP contribution is 2.42. The molecule has 230 valence electrons. The second-order valence-electron chi connectivity index (χ2n) is 8.80. The highest BCUT2D eigenvalue weighted by Gasteiger charge is 2.27. The van der Waals surface area contributed by atoms with Gasteiger partial charge in [-0.3, -0.25) is 4.79 Å². The fourth-order valence-electron chi connectivity index (χ4n) is 4.53. The number of rotatable bonds is 9. The van der Waals surface area contributed by atoms with Gasteiger partial charge in [0.1, 0.15) is 29.5 Å². The highest BCUT2D eigenvalue weighted by atomic mass is 35.5. The summed E-state index contributed by atoms with van der Waals surface area (Å²) in [6, 6.07) is 5.13. The lowest BCUT2D eigenvalue weighted by Crippen LogP contribution is -2.48. The number of carbonyl (C=O) groups excluding carboxylic acids is 1. The SMILES string of the molecule is C=CC(=O)N1CCN(c2nc(OCCN(CC)CC)nc3c(F)c(-c4c(O)cccc4F)c(Cl)cc23)CC1.CC.CC. The van der Waals surface area contributed by atoms with E-state index in [1.54, 1.807) is 4.90 Å². The molecule has 0 spiro atoms. The van der Waals surface area contributed by atoms with Crippen LogP contribution in [0.2, 0.25) is 5.02 Å². The van der Waals surface area contributed by atoms with Crippen molar-refractivity contribution in [3.8, 4) is 22.9 Å². The Morgan fingerprint density at radius 2 is 1.74 bits per heavy atom. The van der Waals surface area contributed by atoms with Crippen molar-refractivity contribution < 1.29 is 23.4 Å². The molecular weight excluding hydrogens is 564 g/mol. The Labute approximate surface area is 252 Å². The molecule has 3 aromatic rings. The Morgan fingerprint density at radius 1 is 1.10 bits per heavy atom. The molecule has 0 bridgehead atoms. The standard InChI is InChI=1S/C27H30ClF2N5O3.2C2H6/c1-4-21(37)34-10-12-35(13-11-34)26-17-16-18(28)22(23-19(29)8-7-9-20(23)36)24(30)25(17)31-27(32-26)38-15-14-33(5-2)6-3;2*1-2/h4,7-9,16,36H,1,5-6,10-15H2,2-3H3;2*1-2H3. The number of fused-ring (bicyclic) bond motifs is 1. The minimum absolute atomic E-state index is 0.0332. The summed E-state index contributed by atoms with van der Waals surface area (Å²) < 4.78 is 36.6. The number of piperazine rings is 1. The van der Waals surface area contributed by atoms with E-state index in [1.165, 1.54) is 24.3 Å². The van der Waals surface area contributed by atoms with Gasteiger partial charge < -0.3 is 24.5 Å². The number of carbonyl (C=O) groups is 1. The molecule has 2 aromatic carbocycles. The molecule has 0 aliphatic carbocycles. The average molecular weight is 606 g/mol. The molecule has 1 N–H and O–H groups in total. The fraction of sp³-hybridized carbons (Fsp3) is 0.452. The molecule has 11 heteroatoms. The second kappa shape index (κ2) is 16.8. The van der Waals surface area contributed by atoms with E-state index in [0.29, 0.717) is 43.9 Å². The van der Waals surface area contributed by atoms with Crippen molar-refractivity contribution in [3.63, 3.8) is 0 Å². The summed E-state index contributed by atoms with van der Waals surface area (Å²) in [5, 5.41) is 10.5. The first-order chi connectivity index (χ1) is 20.3. The van der Waals surface area contributed by atoms with Gasteiger partial charge in [-0.25, -0.2) is 8.78 Å². The van der Waals surface area contributed by atoms with Gasteiger partial charge in [-0.05, 0) is 37.4 Å². The topological polar surface area (TPSA) is 82.0 Å². The van der Waals surface area contributed by atoms with E-state index in [4.69, 9.17) is 16.3 Å². The van der Waals surface area contributed by atoms with Crippen LogP contribution in [0.15, 0.2) is 36.9 Å². The molecule has 1 fully saturated rings. The molecular formula is C31H42ClF2N5O3. The van der Waals surface area contributed by atoms with Crippen molar-refractivity contribution >= 4 is 34.2 Å². The predicted octanol–water partition coefficient (Wildman–Crippen LogP) is 6.54. The molecule has 0 atom stereocenters. The number of hydrogen-bond acceptors (Lipinski definition) is 7. The third-order valence-corrected chi connectivity index (χ3v) is 6.98. The Kier molecular flexibility index (Phi) is 13.9. The predicted molar refractivity (Wildman–Crippen MR) is 167 cm³/mol. The van der Waals surface area contributed by atoms with E-state index in [1.807, 2.05) is 46.4 Å². The van der Waals surface area contributed by atoms with Crippen LogP contribution in [0.5, 0.6) is 11.8 Å². The summed E-state index contributed by atoms with van der Waals surface area (Å²) in [5.41, 5.74) is -0.757. The summed E-state index contributed by atoms with van der Waals surface area (Å²) in [6.07, 6.45) is 1.27. The van der Waals surface area contributed by atoms with Crippen molar-refractivity contribution in [2.75, 3.05) is 57.3 Å². The van der Waals surface area contributed by atoms with E-state index in [0.717, 1.165) is 19.2 Å². The van der Waals surface area contributed by atoms with Crippen LogP contribution in [0, 0.1) is 11.6 Å². The third-order valence-electron chi connectivity index (χ3n) is 6.68. The smallest absolute Gasteiger partial charge is 0.319 e. The lowest BCUT2D eigenvalue weighted by atomic mass is 10.0. The number of nitrogens with zero attached hydrogens (tertiary/aromatic N) is 5. The number of halogens is 3. The quantitative estimate of drug-likeness (QED) is 0.277. The number of phenols is 1. The summed E-state index contributed by atoms with van der Waals surface area (Å²) in [4.78, 5) is 26.7. The van der Waals surface area contributed by atoms with Gasteiger partial charge in [-0.1, -0.05) is 65.8 Å². The van der Waals surface area contributed by atoms with Crippen molar-refractivity contribution in [2.45, 2.75) is 41.5 Å².